The molecule has 1 unspecified atom stereocenters. The van der Waals surface area contributed by atoms with Crippen molar-refractivity contribution in [1.29, 1.82) is 0 Å². The van der Waals surface area contributed by atoms with Crippen LogP contribution in [0.4, 0.5) is 0 Å². The summed E-state index contributed by atoms with van der Waals surface area (Å²) < 4.78 is 0. The molecule has 2 nitrogen and oxygen atoms in total. The fourth-order valence-corrected chi connectivity index (χ4v) is 20.4. The molecule has 8 aliphatic rings. The van der Waals surface area contributed by atoms with Gasteiger partial charge in [0.25, 0.3) is 0 Å². The second-order valence-corrected chi connectivity index (χ2v) is 23.3. The zero-order valence-corrected chi connectivity index (χ0v) is 36.4. The van der Waals surface area contributed by atoms with E-state index in [2.05, 4.69) is 123 Å². The third-order valence-electron chi connectivity index (χ3n) is 15.8. The average Bonchev–Trinajstić information content (AvgIpc) is 4.05. The largest absolute Gasteiger partial charge is 2.00 e. The number of nitrogens with one attached hydrogen (secondary N) is 2. The first kappa shape index (κ1) is 38.3. The van der Waals surface area contributed by atoms with Crippen LogP contribution in [-0.4, -0.2) is 20.3 Å². The van der Waals surface area contributed by atoms with Crippen molar-refractivity contribution < 1.29 is 17.1 Å². The summed E-state index contributed by atoms with van der Waals surface area (Å²) in [5, 5.41) is 0.712. The van der Waals surface area contributed by atoms with Gasteiger partial charge in [-0.05, 0) is 153 Å². The summed E-state index contributed by atoms with van der Waals surface area (Å²) in [4.78, 5) is 7.47. The average molecular weight is 829 g/mol. The molecule has 0 radical (unpaired) electrons. The minimum atomic E-state index is -0.414. The van der Waals surface area contributed by atoms with E-state index in [9.17, 15) is 0 Å². The molecule has 5 heteroatoms. The standard InChI is InChI=1S/C47H53N2P2.C5H5.Fe/c50-47(42-13-7-15-48-42,43-14-8-16-49-43)41-23-39(37-9-3-1-4-10-37)44(38-11-5-2-6-12-38)40(41)30-51(45-24-31-17-32(25-45)19-33(18-31)26-45)46-27-34-20-35(28-46)22-36(21-34)29-46;1-2-4-5-3-1;/h1-16,23,31-36,48-49H,17-22,24-30,50H2;1-5H;/q2*-1;+2. The van der Waals surface area contributed by atoms with Gasteiger partial charge in [-0.1, -0.05) is 84.3 Å². The Morgan fingerprint density at radius 3 is 1.47 bits per heavy atom. The summed E-state index contributed by atoms with van der Waals surface area (Å²) in [7, 11) is 3.17. The first-order valence-corrected chi connectivity index (χ1v) is 24.0. The Balaban J connectivity index is 0.000000616. The summed E-state index contributed by atoms with van der Waals surface area (Å²) in [6, 6.07) is 44.5. The predicted octanol–water partition coefficient (Wildman–Crippen LogP) is 13.9. The Labute approximate surface area is 355 Å². The molecule has 2 N–H and O–H groups in total. The van der Waals surface area contributed by atoms with Gasteiger partial charge in [-0.25, -0.2) is 12.1 Å². The number of aromatic nitrogens is 2. The molecule has 14 rings (SSSR count). The molecule has 0 amide bonds. The molecule has 0 spiro atoms. The van der Waals surface area contributed by atoms with Gasteiger partial charge in [0.15, 0.2) is 0 Å². The van der Waals surface area contributed by atoms with Crippen molar-refractivity contribution in [3.8, 4) is 22.3 Å². The molecule has 8 aliphatic carbocycles. The zero-order valence-electron chi connectivity index (χ0n) is 33.2. The summed E-state index contributed by atoms with van der Waals surface area (Å²) in [5.74, 6) is 5.92. The van der Waals surface area contributed by atoms with E-state index in [1.54, 1.807) is 5.56 Å². The van der Waals surface area contributed by atoms with Gasteiger partial charge < -0.3 is 9.97 Å². The van der Waals surface area contributed by atoms with E-state index < -0.39 is 5.16 Å². The van der Waals surface area contributed by atoms with Crippen LogP contribution in [0.5, 0.6) is 0 Å². The Morgan fingerprint density at radius 2 is 1.07 bits per heavy atom. The maximum Gasteiger partial charge on any atom is 2.00 e. The summed E-state index contributed by atoms with van der Waals surface area (Å²) in [6.07, 6.45) is 23.9. The molecule has 2 aromatic heterocycles. The van der Waals surface area contributed by atoms with E-state index in [1.165, 1.54) is 122 Å². The normalized spacial score (nSPS) is 31.1. The Morgan fingerprint density at radius 1 is 0.614 bits per heavy atom. The third-order valence-corrected chi connectivity index (χ3v) is 20.8. The summed E-state index contributed by atoms with van der Waals surface area (Å²) in [6.45, 7) is 0. The maximum atomic E-state index is 3.73. The van der Waals surface area contributed by atoms with Crippen LogP contribution < -0.4 is 0 Å². The minimum Gasteiger partial charge on any atom is -0.364 e. The van der Waals surface area contributed by atoms with Gasteiger partial charge in [0.05, 0.1) is 5.16 Å². The summed E-state index contributed by atoms with van der Waals surface area (Å²) in [5.41, 5.74) is 11.3. The van der Waals surface area contributed by atoms with Crippen molar-refractivity contribution in [3.05, 3.63) is 156 Å². The molecule has 1 atom stereocenters. The number of hydrogen-bond acceptors (Lipinski definition) is 0. The number of aromatic amines is 2. The quantitative estimate of drug-likeness (QED) is 0.0827. The maximum absolute atomic E-state index is 3.73. The molecule has 294 valence electrons. The second kappa shape index (κ2) is 15.3. The van der Waals surface area contributed by atoms with Gasteiger partial charge in [-0.15, -0.1) is 33.0 Å². The van der Waals surface area contributed by atoms with Crippen LogP contribution in [0.2, 0.25) is 0 Å². The van der Waals surface area contributed by atoms with E-state index in [0.29, 0.717) is 10.3 Å². The molecule has 2 heterocycles. The van der Waals surface area contributed by atoms with Crippen molar-refractivity contribution in [2.75, 3.05) is 0 Å². The molecule has 8 fully saturated rings. The molecule has 8 bridgehead atoms. The van der Waals surface area contributed by atoms with Crippen LogP contribution in [0, 0.1) is 35.5 Å². The molecule has 0 saturated heterocycles. The predicted molar refractivity (Wildman–Crippen MR) is 239 cm³/mol. The van der Waals surface area contributed by atoms with Gasteiger partial charge in [0.1, 0.15) is 0 Å². The van der Waals surface area contributed by atoms with Crippen LogP contribution in [0.1, 0.15) is 99.6 Å². The zero-order chi connectivity index (χ0) is 37.3. The molecule has 57 heavy (non-hydrogen) atoms. The number of H-pyrrole nitrogens is 2. The van der Waals surface area contributed by atoms with Crippen molar-refractivity contribution in [3.63, 3.8) is 0 Å². The second-order valence-electron chi connectivity index (χ2n) is 19.4. The number of benzene rings is 2. The van der Waals surface area contributed by atoms with Crippen LogP contribution in [0.15, 0.2) is 134 Å². The Bertz CT molecular complexity index is 2050. The van der Waals surface area contributed by atoms with Crippen LogP contribution in [-0.2, 0) is 28.4 Å². The first-order chi connectivity index (χ1) is 27.5. The number of hydrogen-bond donors (Lipinski definition) is 2. The Kier molecular flexibility index (Phi) is 10.3. The molecule has 0 aliphatic heterocycles. The van der Waals surface area contributed by atoms with E-state index in [1.807, 2.05) is 30.3 Å². The molecular formula is C52H58FeN2P2. The fraction of sp³-hybridized carbons (Fsp3) is 0.423. The van der Waals surface area contributed by atoms with Gasteiger partial charge in [0, 0.05) is 23.8 Å². The minimum absolute atomic E-state index is 0. The van der Waals surface area contributed by atoms with E-state index >= 15 is 0 Å². The van der Waals surface area contributed by atoms with E-state index in [0.717, 1.165) is 35.5 Å². The summed E-state index contributed by atoms with van der Waals surface area (Å²) >= 11 is 0. The van der Waals surface area contributed by atoms with Crippen molar-refractivity contribution >= 4 is 17.2 Å². The van der Waals surface area contributed by atoms with Crippen molar-refractivity contribution in [2.45, 2.75) is 98.7 Å². The monoisotopic (exact) mass is 828 g/mol. The Hall–Kier alpha value is -2.92. The first-order valence-electron chi connectivity index (χ1n) is 21.9. The topological polar surface area (TPSA) is 31.6 Å². The number of rotatable bonds is 9. The van der Waals surface area contributed by atoms with Gasteiger partial charge in [-0.2, -0.15) is 18.2 Å². The van der Waals surface area contributed by atoms with Crippen molar-refractivity contribution in [2.24, 2.45) is 35.5 Å². The molecule has 8 saturated carbocycles. The van der Waals surface area contributed by atoms with Gasteiger partial charge in [0.2, 0.25) is 0 Å². The molecule has 4 aromatic carbocycles. The van der Waals surface area contributed by atoms with Crippen LogP contribution >= 0.6 is 17.2 Å². The van der Waals surface area contributed by atoms with Gasteiger partial charge in [-0.3, -0.25) is 0 Å². The van der Waals surface area contributed by atoms with E-state index in [-0.39, 0.29) is 25.0 Å². The molecular weight excluding hydrogens is 770 g/mol. The third kappa shape index (κ3) is 6.67. The van der Waals surface area contributed by atoms with Gasteiger partial charge >= 0.3 is 17.1 Å². The molecule has 6 aromatic rings. The van der Waals surface area contributed by atoms with Crippen LogP contribution in [0.25, 0.3) is 22.3 Å². The SMILES string of the molecule is PC(c1ccc[nH]1)(c1ccc[nH]1)c1cc(-c2ccccc2)[c-](-c2ccccc2)c1CP(C12CC3CC(CC(C3)C1)C2)C12CC3CC(CC(C3)C1)C2.[Fe+2].c1cc[cH-]c1. The van der Waals surface area contributed by atoms with Crippen molar-refractivity contribution in [1.82, 2.24) is 9.97 Å². The fourth-order valence-electron chi connectivity index (χ4n) is 14.6. The van der Waals surface area contributed by atoms with E-state index in [4.69, 9.17) is 0 Å². The smallest absolute Gasteiger partial charge is 0.364 e. The van der Waals surface area contributed by atoms with Crippen LogP contribution in [0.3, 0.4) is 0 Å².